The first-order valence-corrected chi connectivity index (χ1v) is 16.8. The number of halogens is 1. The summed E-state index contributed by atoms with van der Waals surface area (Å²) in [7, 11) is -4.42. The van der Waals surface area contributed by atoms with E-state index < -0.39 is 24.1 Å². The van der Waals surface area contributed by atoms with Crippen molar-refractivity contribution in [3.8, 4) is 0 Å². The molecule has 1 fully saturated rings. The van der Waals surface area contributed by atoms with Gasteiger partial charge in [0.1, 0.15) is 12.2 Å². The van der Waals surface area contributed by atoms with E-state index in [4.69, 9.17) is 4.74 Å². The largest absolute Gasteiger partial charge is 0.361 e. The van der Waals surface area contributed by atoms with Gasteiger partial charge in [-0.05, 0) is 18.5 Å². The summed E-state index contributed by atoms with van der Waals surface area (Å²) in [6.45, 7) is 8.45. The molecule has 2 unspecified atom stereocenters. The average molecular weight is 581 g/mol. The van der Waals surface area contributed by atoms with Crippen LogP contribution >= 0.6 is 22.6 Å². The Bertz CT molecular complexity index is 1040. The zero-order valence-electron chi connectivity index (χ0n) is 18.1. The molecule has 2 amide bonds. The number of rotatable bonds is 8. The van der Waals surface area contributed by atoms with Crippen LogP contribution in [0.15, 0.2) is 18.5 Å². The van der Waals surface area contributed by atoms with Crippen molar-refractivity contribution in [2.75, 3.05) is 24.7 Å². The third-order valence-corrected chi connectivity index (χ3v) is 9.83. The predicted molar refractivity (Wildman–Crippen MR) is 132 cm³/mol. The number of alkyl halides is 1. The van der Waals surface area contributed by atoms with E-state index >= 15 is 0 Å². The minimum Gasteiger partial charge on any atom is -0.361 e. The van der Waals surface area contributed by atoms with Crippen LogP contribution in [0.1, 0.15) is 6.42 Å². The van der Waals surface area contributed by atoms with Crippen LogP contribution in [0.25, 0.3) is 11.2 Å². The quantitative estimate of drug-likeness (QED) is 0.163. The van der Waals surface area contributed by atoms with Gasteiger partial charge in [0, 0.05) is 27.4 Å². The summed E-state index contributed by atoms with van der Waals surface area (Å²) in [5, 5.41) is 5.51. The van der Waals surface area contributed by atoms with Crippen LogP contribution in [0.3, 0.4) is 0 Å². The Morgan fingerprint density at radius 3 is 2.77 bits per heavy atom. The molecule has 31 heavy (non-hydrogen) atoms. The number of hydrogen-bond acceptors (Lipinski definition) is 6. The summed E-state index contributed by atoms with van der Waals surface area (Å²) in [5.41, 5.74) is 1.34. The maximum Gasteiger partial charge on any atom is 0.320 e. The van der Waals surface area contributed by atoms with E-state index in [0.29, 0.717) is 36.7 Å². The van der Waals surface area contributed by atoms with E-state index in [0.717, 1.165) is 12.7 Å². The van der Waals surface area contributed by atoms with Crippen molar-refractivity contribution in [2.24, 2.45) is 0 Å². The van der Waals surface area contributed by atoms with Gasteiger partial charge in [-0.3, -0.25) is 5.32 Å². The van der Waals surface area contributed by atoms with Crippen LogP contribution in [-0.2, 0) is 21.5 Å². The number of sulfonamides is 1. The lowest BCUT2D eigenvalue weighted by Gasteiger charge is -2.21. The second-order valence-electron chi connectivity index (χ2n) is 8.84. The molecule has 13 heteroatoms. The molecule has 172 valence electrons. The molecule has 2 atom stereocenters. The second kappa shape index (κ2) is 9.68. The molecule has 2 aromatic heterocycles. The van der Waals surface area contributed by atoms with Crippen molar-refractivity contribution >= 4 is 63.7 Å². The first-order chi connectivity index (χ1) is 14.4. The summed E-state index contributed by atoms with van der Waals surface area (Å²) < 4.78 is 32.3. The average Bonchev–Trinajstić information content (AvgIpc) is 3.21. The molecule has 2 aromatic rings. The zero-order valence-corrected chi connectivity index (χ0v) is 22.1. The third-order valence-electron chi connectivity index (χ3n) is 4.94. The van der Waals surface area contributed by atoms with E-state index in [1.165, 1.54) is 16.8 Å². The van der Waals surface area contributed by atoms with Crippen molar-refractivity contribution in [1.29, 1.82) is 0 Å². The van der Waals surface area contributed by atoms with Gasteiger partial charge in [-0.2, -0.15) is 4.31 Å². The molecule has 0 spiro atoms. The van der Waals surface area contributed by atoms with Gasteiger partial charge in [0.2, 0.25) is 10.0 Å². The van der Waals surface area contributed by atoms with Crippen molar-refractivity contribution < 1.29 is 17.9 Å². The minimum atomic E-state index is -3.30. The fraction of sp³-hybridized carbons (Fsp3) is 0.611. The molecule has 1 saturated heterocycles. The van der Waals surface area contributed by atoms with Crippen LogP contribution < -0.4 is 10.6 Å². The van der Waals surface area contributed by atoms with E-state index in [2.05, 4.69) is 40.2 Å². The van der Waals surface area contributed by atoms with Crippen LogP contribution in [0, 0.1) is 0 Å². The Kier molecular flexibility index (Phi) is 7.61. The highest BCUT2D eigenvalue weighted by atomic mass is 127. The number of ether oxygens (including phenoxy) is 1. The van der Waals surface area contributed by atoms with Gasteiger partial charge < -0.3 is 14.6 Å². The number of fused-ring (bicyclic) bond motifs is 1. The molecule has 3 rings (SSSR count). The number of urea groups is 1. The maximum atomic E-state index is 12.4. The standard InChI is InChI=1S/C18H29IN6O4SSi/c1-30(27,28)25-8-6-13(16(25)19)22-18(26)23-15-11-20-17-14(21-15)5-7-24(17)12-29-9-10-31(2,3)4/h5,7,11,13,16H,6,8-10,12H2,1-4H3,(H2,21,22,23,26). The number of nitrogens with zero attached hydrogens (tertiary/aromatic N) is 4. The van der Waals surface area contributed by atoms with Crippen molar-refractivity contribution in [1.82, 2.24) is 24.2 Å². The van der Waals surface area contributed by atoms with Crippen LogP contribution in [0.5, 0.6) is 0 Å². The van der Waals surface area contributed by atoms with Gasteiger partial charge >= 0.3 is 6.03 Å². The van der Waals surface area contributed by atoms with Crippen molar-refractivity contribution in [3.05, 3.63) is 18.5 Å². The Balaban J connectivity index is 1.56. The molecule has 1 aliphatic heterocycles. The first-order valence-electron chi connectivity index (χ1n) is 10.0. The van der Waals surface area contributed by atoms with Crippen LogP contribution in [0.4, 0.5) is 10.6 Å². The van der Waals surface area contributed by atoms with Crippen molar-refractivity contribution in [2.45, 2.75) is 48.9 Å². The molecular formula is C18H29IN6O4SSi. The number of aromatic nitrogens is 3. The minimum absolute atomic E-state index is 0.276. The highest BCUT2D eigenvalue weighted by Crippen LogP contribution is 2.26. The lowest BCUT2D eigenvalue weighted by molar-refractivity contribution is 0.0899. The van der Waals surface area contributed by atoms with Gasteiger partial charge in [-0.1, -0.05) is 42.2 Å². The van der Waals surface area contributed by atoms with E-state index in [1.807, 2.05) is 39.4 Å². The normalized spacial score (nSPS) is 20.3. The Labute approximate surface area is 197 Å². The van der Waals surface area contributed by atoms with Gasteiger partial charge in [0.05, 0.1) is 22.5 Å². The lowest BCUT2D eigenvalue weighted by Crippen LogP contribution is -2.44. The lowest BCUT2D eigenvalue weighted by atomic mass is 10.3. The van der Waals surface area contributed by atoms with E-state index in [1.54, 1.807) is 0 Å². The Hall–Kier alpha value is -1.29. The van der Waals surface area contributed by atoms with E-state index in [-0.39, 0.29) is 10.1 Å². The summed E-state index contributed by atoms with van der Waals surface area (Å²) in [6, 6.07) is 2.21. The van der Waals surface area contributed by atoms with Gasteiger partial charge in [-0.25, -0.2) is 23.2 Å². The zero-order chi connectivity index (χ0) is 22.8. The monoisotopic (exact) mass is 580 g/mol. The molecular weight excluding hydrogens is 551 g/mol. The highest BCUT2D eigenvalue weighted by molar-refractivity contribution is 14.1. The predicted octanol–water partition coefficient (Wildman–Crippen LogP) is 2.66. The molecule has 0 radical (unpaired) electrons. The summed E-state index contributed by atoms with van der Waals surface area (Å²) >= 11 is 2.04. The molecule has 0 aliphatic carbocycles. The number of carbonyl (C=O) groups is 1. The SMILES string of the molecule is C[Si](C)(C)CCOCn1ccc2nc(NC(=O)NC3CCN(S(C)(=O)=O)C3I)cnc21. The summed E-state index contributed by atoms with van der Waals surface area (Å²) in [5.74, 6) is 0.324. The number of amides is 2. The van der Waals surface area contributed by atoms with E-state index in [9.17, 15) is 13.2 Å². The number of hydrogen-bond donors (Lipinski definition) is 2. The molecule has 2 N–H and O–H groups in total. The van der Waals surface area contributed by atoms with Crippen molar-refractivity contribution in [3.63, 3.8) is 0 Å². The third kappa shape index (κ3) is 6.60. The van der Waals surface area contributed by atoms with Crippen LogP contribution in [-0.4, -0.2) is 70.9 Å². The number of nitrogens with one attached hydrogen (secondary N) is 2. The molecule has 3 heterocycles. The fourth-order valence-corrected chi connectivity index (χ4v) is 6.97. The Morgan fingerprint density at radius 2 is 2.13 bits per heavy atom. The van der Waals surface area contributed by atoms with Gasteiger partial charge in [0.25, 0.3) is 0 Å². The summed E-state index contributed by atoms with van der Waals surface area (Å²) in [4.78, 5) is 21.2. The topological polar surface area (TPSA) is 118 Å². The fourth-order valence-electron chi connectivity index (χ4n) is 3.21. The van der Waals surface area contributed by atoms with Gasteiger partial charge in [-0.15, -0.1) is 0 Å². The smallest absolute Gasteiger partial charge is 0.320 e. The first kappa shape index (κ1) is 24.4. The highest BCUT2D eigenvalue weighted by Gasteiger charge is 2.38. The van der Waals surface area contributed by atoms with Crippen LogP contribution in [0.2, 0.25) is 25.7 Å². The molecule has 0 aromatic carbocycles. The number of carbonyl (C=O) groups excluding carboxylic acids is 1. The molecule has 0 saturated carbocycles. The maximum absolute atomic E-state index is 12.4. The second-order valence-corrected chi connectivity index (χ2v) is 17.7. The summed E-state index contributed by atoms with van der Waals surface area (Å²) in [6.07, 6.45) is 5.09. The Morgan fingerprint density at radius 1 is 1.39 bits per heavy atom. The molecule has 10 nitrogen and oxygen atoms in total. The van der Waals surface area contributed by atoms with Gasteiger partial charge in [0.15, 0.2) is 11.5 Å². The molecule has 1 aliphatic rings. The number of anilines is 1. The molecule has 0 bridgehead atoms.